The zero-order chi connectivity index (χ0) is 14.1. The van der Waals surface area contributed by atoms with Crippen molar-refractivity contribution in [3.63, 3.8) is 0 Å². The number of aromatic amines is 1. The van der Waals surface area contributed by atoms with Gasteiger partial charge in [-0.1, -0.05) is 0 Å². The second kappa shape index (κ2) is 5.20. The summed E-state index contributed by atoms with van der Waals surface area (Å²) >= 11 is 0. The molecule has 0 unspecified atom stereocenters. The lowest BCUT2D eigenvalue weighted by Gasteiger charge is -2.40. The highest BCUT2D eigenvalue weighted by molar-refractivity contribution is 7.89. The number of sulfonamides is 1. The first-order chi connectivity index (χ1) is 8.94. The third-order valence-corrected chi connectivity index (χ3v) is 5.27. The molecule has 7 nitrogen and oxygen atoms in total. The van der Waals surface area contributed by atoms with E-state index < -0.39 is 16.6 Å². The molecule has 1 heterocycles. The number of methoxy groups -OCH3 is 1. The summed E-state index contributed by atoms with van der Waals surface area (Å²) in [7, 11) is -2.10. The van der Waals surface area contributed by atoms with Crippen LogP contribution in [0.4, 0.5) is 0 Å². The molecule has 0 aromatic carbocycles. The Bertz CT molecular complexity index is 543. The Morgan fingerprint density at radius 2 is 2.21 bits per heavy atom. The Balaban J connectivity index is 2.16. The lowest BCUT2D eigenvalue weighted by Crippen LogP contribution is -2.49. The van der Waals surface area contributed by atoms with Crippen molar-refractivity contribution in [3.05, 3.63) is 11.4 Å². The van der Waals surface area contributed by atoms with Gasteiger partial charge < -0.3 is 9.84 Å². The smallest absolute Gasteiger partial charge is 0.244 e. The molecule has 0 aliphatic heterocycles. The molecule has 0 bridgehead atoms. The van der Waals surface area contributed by atoms with E-state index in [1.165, 1.54) is 0 Å². The number of aryl methyl sites for hydroxylation is 1. The van der Waals surface area contributed by atoms with Crippen LogP contribution in [0, 0.1) is 6.92 Å². The minimum absolute atomic E-state index is 0.0283. The molecule has 1 aliphatic rings. The van der Waals surface area contributed by atoms with Crippen LogP contribution < -0.4 is 4.72 Å². The van der Waals surface area contributed by atoms with Crippen molar-refractivity contribution in [1.29, 1.82) is 0 Å². The minimum Gasteiger partial charge on any atom is -0.390 e. The Hall–Kier alpha value is -0.960. The summed E-state index contributed by atoms with van der Waals surface area (Å²) in [5.74, 6) is 0. The van der Waals surface area contributed by atoms with E-state index in [4.69, 9.17) is 9.84 Å². The first kappa shape index (κ1) is 14.4. The van der Waals surface area contributed by atoms with Gasteiger partial charge in [0.15, 0.2) is 0 Å². The van der Waals surface area contributed by atoms with Crippen LogP contribution in [0.25, 0.3) is 0 Å². The summed E-state index contributed by atoms with van der Waals surface area (Å²) in [4.78, 5) is 0.0283. The van der Waals surface area contributed by atoms with Crippen LogP contribution in [0.2, 0.25) is 0 Å². The van der Waals surface area contributed by atoms with Crippen molar-refractivity contribution >= 4 is 10.0 Å². The lowest BCUT2D eigenvalue weighted by molar-refractivity contribution is -0.0659. The molecule has 1 saturated carbocycles. The number of hydrogen-bond acceptors (Lipinski definition) is 5. The van der Waals surface area contributed by atoms with E-state index in [1.54, 1.807) is 14.0 Å². The number of H-pyrrole nitrogens is 1. The first-order valence-electron chi connectivity index (χ1n) is 6.14. The van der Waals surface area contributed by atoms with E-state index in [-0.39, 0.29) is 22.7 Å². The fraction of sp³-hybridized carbons (Fsp3) is 0.727. The highest BCUT2D eigenvalue weighted by atomic mass is 32.2. The predicted octanol–water partition coefficient (Wildman–Crippen LogP) is 0.0578. The maximum atomic E-state index is 12.3. The zero-order valence-corrected chi connectivity index (χ0v) is 11.9. The molecule has 19 heavy (non-hydrogen) atoms. The maximum Gasteiger partial charge on any atom is 0.244 e. The monoisotopic (exact) mass is 289 g/mol. The average molecular weight is 289 g/mol. The molecule has 3 N–H and O–H groups in total. The average Bonchev–Trinajstić information content (AvgIpc) is 2.70. The van der Waals surface area contributed by atoms with Gasteiger partial charge in [-0.25, -0.2) is 13.1 Å². The molecular formula is C11H19N3O4S. The third-order valence-electron chi connectivity index (χ3n) is 3.66. The van der Waals surface area contributed by atoms with Gasteiger partial charge in [-0.15, -0.1) is 0 Å². The molecule has 0 saturated heterocycles. The number of aliphatic hydroxyl groups is 1. The van der Waals surface area contributed by atoms with Crippen LogP contribution >= 0.6 is 0 Å². The molecule has 0 radical (unpaired) electrons. The highest BCUT2D eigenvalue weighted by Gasteiger charge is 2.38. The standard InChI is InChI=1S/C11H19N3O4S/c1-8-10(9(6-15)14-13-8)19(16,17)12-7-11(18-2)4-3-5-11/h12,15H,3-7H2,1-2H3,(H,13,14). The number of hydrogen-bond donors (Lipinski definition) is 3. The molecule has 8 heteroatoms. The number of ether oxygens (including phenoxy) is 1. The summed E-state index contributed by atoms with van der Waals surface area (Å²) in [6, 6.07) is 0. The fourth-order valence-electron chi connectivity index (χ4n) is 2.26. The molecule has 0 spiro atoms. The zero-order valence-electron chi connectivity index (χ0n) is 11.1. The number of aliphatic hydroxyl groups excluding tert-OH is 1. The van der Waals surface area contributed by atoms with Crippen molar-refractivity contribution in [2.75, 3.05) is 13.7 Å². The van der Waals surface area contributed by atoms with Gasteiger partial charge in [-0.2, -0.15) is 5.10 Å². The molecule has 0 atom stereocenters. The summed E-state index contributed by atoms with van der Waals surface area (Å²) in [6.45, 7) is 1.42. The lowest BCUT2D eigenvalue weighted by atomic mass is 9.80. The van der Waals surface area contributed by atoms with Crippen molar-refractivity contribution in [3.8, 4) is 0 Å². The van der Waals surface area contributed by atoms with E-state index in [0.29, 0.717) is 5.69 Å². The first-order valence-corrected chi connectivity index (χ1v) is 7.62. The van der Waals surface area contributed by atoms with Crippen molar-refractivity contribution in [2.24, 2.45) is 0 Å². The molecule has 0 amide bonds. The van der Waals surface area contributed by atoms with Crippen LogP contribution in [0.5, 0.6) is 0 Å². The van der Waals surface area contributed by atoms with Gasteiger partial charge in [0, 0.05) is 13.7 Å². The normalized spacial score (nSPS) is 18.3. The second-order valence-electron chi connectivity index (χ2n) is 4.85. The van der Waals surface area contributed by atoms with E-state index in [2.05, 4.69) is 14.9 Å². The highest BCUT2D eigenvalue weighted by Crippen LogP contribution is 2.34. The van der Waals surface area contributed by atoms with Gasteiger partial charge in [-0.3, -0.25) is 5.10 Å². The Morgan fingerprint density at radius 3 is 2.68 bits per heavy atom. The quantitative estimate of drug-likeness (QED) is 0.687. The summed E-state index contributed by atoms with van der Waals surface area (Å²) in [6.07, 6.45) is 2.74. The van der Waals surface area contributed by atoms with Gasteiger partial charge >= 0.3 is 0 Å². The van der Waals surface area contributed by atoms with E-state index in [9.17, 15) is 8.42 Å². The van der Waals surface area contributed by atoms with E-state index >= 15 is 0 Å². The van der Waals surface area contributed by atoms with Gasteiger partial charge in [0.2, 0.25) is 10.0 Å². The van der Waals surface area contributed by atoms with Crippen LogP contribution in [0.3, 0.4) is 0 Å². The van der Waals surface area contributed by atoms with Crippen LogP contribution in [-0.2, 0) is 21.4 Å². The number of rotatable bonds is 6. The maximum absolute atomic E-state index is 12.3. The van der Waals surface area contributed by atoms with Gasteiger partial charge in [0.05, 0.1) is 17.9 Å². The molecule has 108 valence electrons. The predicted molar refractivity (Wildman–Crippen MR) is 68.0 cm³/mol. The largest absolute Gasteiger partial charge is 0.390 e. The van der Waals surface area contributed by atoms with E-state index in [1.807, 2.05) is 0 Å². The summed E-state index contributed by atoms with van der Waals surface area (Å²) < 4.78 is 32.4. The summed E-state index contributed by atoms with van der Waals surface area (Å²) in [5.41, 5.74) is 0.158. The van der Waals surface area contributed by atoms with Crippen molar-refractivity contribution in [1.82, 2.24) is 14.9 Å². The molecular weight excluding hydrogens is 270 g/mol. The van der Waals surface area contributed by atoms with Crippen molar-refractivity contribution in [2.45, 2.75) is 43.3 Å². The molecule has 1 aromatic rings. The van der Waals surface area contributed by atoms with Crippen LogP contribution in [0.1, 0.15) is 30.7 Å². The second-order valence-corrected chi connectivity index (χ2v) is 6.55. The van der Waals surface area contributed by atoms with Gasteiger partial charge in [-0.05, 0) is 26.2 Å². The summed E-state index contributed by atoms with van der Waals surface area (Å²) in [5, 5.41) is 15.5. The topological polar surface area (TPSA) is 104 Å². The van der Waals surface area contributed by atoms with Crippen LogP contribution in [0.15, 0.2) is 4.90 Å². The molecule has 2 rings (SSSR count). The fourth-order valence-corrected chi connectivity index (χ4v) is 3.72. The minimum atomic E-state index is -3.69. The Kier molecular flexibility index (Phi) is 3.95. The SMILES string of the molecule is COC1(CNS(=O)(=O)c2c(CO)n[nH]c2C)CCC1. The van der Waals surface area contributed by atoms with Gasteiger partial charge in [0.1, 0.15) is 10.6 Å². The Labute approximate surface area is 112 Å². The number of nitrogens with one attached hydrogen (secondary N) is 2. The number of nitrogens with zero attached hydrogens (tertiary/aromatic N) is 1. The molecule has 1 fully saturated rings. The van der Waals surface area contributed by atoms with E-state index in [0.717, 1.165) is 19.3 Å². The van der Waals surface area contributed by atoms with Crippen molar-refractivity contribution < 1.29 is 18.3 Å². The van der Waals surface area contributed by atoms with Gasteiger partial charge in [0.25, 0.3) is 0 Å². The third kappa shape index (κ3) is 2.66. The molecule has 1 aromatic heterocycles. The Morgan fingerprint density at radius 1 is 1.53 bits per heavy atom. The number of aromatic nitrogens is 2. The van der Waals surface area contributed by atoms with Crippen LogP contribution in [-0.4, -0.2) is 43.0 Å². The molecule has 1 aliphatic carbocycles.